The molecule has 0 spiro atoms. The highest BCUT2D eigenvalue weighted by atomic mass is 35.5. The van der Waals surface area contributed by atoms with Crippen molar-refractivity contribution in [2.75, 3.05) is 39.3 Å². The van der Waals surface area contributed by atoms with E-state index in [-0.39, 0.29) is 0 Å². The Hall–Kier alpha value is -1.39. The zero-order chi connectivity index (χ0) is 17.8. The molecule has 2 atom stereocenters. The number of benzene rings is 2. The standard InChI is InChI=1S/C22H28ClN3/c23-20-8-6-19(7-9-20)21-17-25(16-18-4-2-1-3-5-18)13-10-22(21)26-14-11-24-12-15-26/h1-9,21-22,24H,10-17H2. The molecule has 2 saturated heterocycles. The highest BCUT2D eigenvalue weighted by Crippen LogP contribution is 2.32. The predicted octanol–water partition coefficient (Wildman–Crippen LogP) is 3.60. The van der Waals surface area contributed by atoms with Gasteiger partial charge in [-0.15, -0.1) is 0 Å². The number of hydrogen-bond acceptors (Lipinski definition) is 3. The number of rotatable bonds is 4. The Balaban J connectivity index is 1.53. The number of likely N-dealkylation sites (tertiary alicyclic amines) is 1. The fourth-order valence-electron chi connectivity index (χ4n) is 4.48. The number of piperidine rings is 1. The van der Waals surface area contributed by atoms with E-state index in [1.807, 2.05) is 12.1 Å². The van der Waals surface area contributed by atoms with Crippen LogP contribution in [0.4, 0.5) is 0 Å². The van der Waals surface area contributed by atoms with Crippen molar-refractivity contribution in [3.8, 4) is 0 Å². The Labute approximate surface area is 161 Å². The Morgan fingerprint density at radius 3 is 2.38 bits per heavy atom. The van der Waals surface area contributed by atoms with Crippen molar-refractivity contribution in [3.05, 3.63) is 70.7 Å². The molecule has 2 aromatic rings. The number of halogens is 1. The number of nitrogens with zero attached hydrogens (tertiary/aromatic N) is 2. The summed E-state index contributed by atoms with van der Waals surface area (Å²) < 4.78 is 0. The lowest BCUT2D eigenvalue weighted by Gasteiger charge is -2.45. The summed E-state index contributed by atoms with van der Waals surface area (Å²) >= 11 is 6.14. The van der Waals surface area contributed by atoms with E-state index in [0.717, 1.165) is 44.3 Å². The van der Waals surface area contributed by atoms with Crippen molar-refractivity contribution in [1.82, 2.24) is 15.1 Å². The molecule has 26 heavy (non-hydrogen) atoms. The second kappa shape index (κ2) is 8.53. The number of piperazine rings is 1. The van der Waals surface area contributed by atoms with Gasteiger partial charge in [-0.1, -0.05) is 54.1 Å². The van der Waals surface area contributed by atoms with Gasteiger partial charge in [-0.25, -0.2) is 0 Å². The van der Waals surface area contributed by atoms with Gasteiger partial charge in [-0.05, 0) is 29.7 Å². The molecular formula is C22H28ClN3. The first-order valence-corrected chi connectivity index (χ1v) is 10.1. The monoisotopic (exact) mass is 369 g/mol. The summed E-state index contributed by atoms with van der Waals surface area (Å²) in [7, 11) is 0. The van der Waals surface area contributed by atoms with Crippen LogP contribution < -0.4 is 5.32 Å². The molecule has 138 valence electrons. The lowest BCUT2D eigenvalue weighted by Crippen LogP contribution is -2.55. The Morgan fingerprint density at radius 2 is 1.65 bits per heavy atom. The van der Waals surface area contributed by atoms with Crippen LogP contribution in [0.1, 0.15) is 23.5 Å². The van der Waals surface area contributed by atoms with Gasteiger partial charge in [0, 0.05) is 62.8 Å². The molecule has 2 aliphatic rings. The Morgan fingerprint density at radius 1 is 0.923 bits per heavy atom. The molecule has 2 aromatic carbocycles. The minimum Gasteiger partial charge on any atom is -0.314 e. The normalized spacial score (nSPS) is 25.3. The van der Waals surface area contributed by atoms with Crippen LogP contribution in [0.5, 0.6) is 0 Å². The average Bonchev–Trinajstić information content (AvgIpc) is 2.70. The van der Waals surface area contributed by atoms with Crippen molar-refractivity contribution >= 4 is 11.6 Å². The molecule has 0 radical (unpaired) electrons. The summed E-state index contributed by atoms with van der Waals surface area (Å²) in [5.74, 6) is 0.544. The molecule has 4 heteroatoms. The van der Waals surface area contributed by atoms with Gasteiger partial charge in [0.05, 0.1) is 0 Å². The highest BCUT2D eigenvalue weighted by Gasteiger charge is 2.34. The maximum Gasteiger partial charge on any atom is 0.0406 e. The van der Waals surface area contributed by atoms with Crippen molar-refractivity contribution in [2.45, 2.75) is 24.9 Å². The molecular weight excluding hydrogens is 342 g/mol. The topological polar surface area (TPSA) is 18.5 Å². The first kappa shape index (κ1) is 18.0. The zero-order valence-corrected chi connectivity index (χ0v) is 16.0. The third-order valence-corrected chi connectivity index (χ3v) is 6.08. The first-order chi connectivity index (χ1) is 12.8. The molecule has 0 aliphatic carbocycles. The number of hydrogen-bond donors (Lipinski definition) is 1. The van der Waals surface area contributed by atoms with Crippen molar-refractivity contribution < 1.29 is 0 Å². The van der Waals surface area contributed by atoms with Gasteiger partial charge < -0.3 is 5.32 Å². The largest absolute Gasteiger partial charge is 0.314 e. The number of nitrogens with one attached hydrogen (secondary N) is 1. The van der Waals surface area contributed by atoms with E-state index in [1.54, 1.807) is 0 Å². The van der Waals surface area contributed by atoms with Gasteiger partial charge >= 0.3 is 0 Å². The molecule has 2 unspecified atom stereocenters. The Bertz CT molecular complexity index is 682. The van der Waals surface area contributed by atoms with Crippen LogP contribution in [0.3, 0.4) is 0 Å². The van der Waals surface area contributed by atoms with E-state index in [4.69, 9.17) is 11.6 Å². The van der Waals surface area contributed by atoms with Crippen molar-refractivity contribution in [3.63, 3.8) is 0 Å². The summed E-state index contributed by atoms with van der Waals surface area (Å²) in [6.07, 6.45) is 1.24. The summed E-state index contributed by atoms with van der Waals surface area (Å²) in [4.78, 5) is 5.32. The van der Waals surface area contributed by atoms with Crippen LogP contribution in [-0.2, 0) is 6.54 Å². The van der Waals surface area contributed by atoms with Crippen LogP contribution in [0, 0.1) is 0 Å². The second-order valence-corrected chi connectivity index (χ2v) is 7.96. The minimum absolute atomic E-state index is 0.544. The minimum atomic E-state index is 0.544. The molecule has 0 saturated carbocycles. The quantitative estimate of drug-likeness (QED) is 0.888. The molecule has 4 rings (SSSR count). The van der Waals surface area contributed by atoms with E-state index in [1.165, 1.54) is 24.1 Å². The maximum atomic E-state index is 6.14. The molecule has 2 fully saturated rings. The van der Waals surface area contributed by atoms with E-state index < -0.39 is 0 Å². The highest BCUT2D eigenvalue weighted by molar-refractivity contribution is 6.30. The first-order valence-electron chi connectivity index (χ1n) is 9.76. The third kappa shape index (κ3) is 4.29. The molecule has 2 aliphatic heterocycles. The summed E-state index contributed by atoms with van der Waals surface area (Å²) in [6, 6.07) is 20.0. The fourth-order valence-corrected chi connectivity index (χ4v) is 4.61. The van der Waals surface area contributed by atoms with Gasteiger partial charge in [0.2, 0.25) is 0 Å². The third-order valence-electron chi connectivity index (χ3n) is 5.83. The SMILES string of the molecule is Clc1ccc(C2CN(Cc3ccccc3)CCC2N2CCNCC2)cc1. The molecule has 2 heterocycles. The van der Waals surface area contributed by atoms with Gasteiger partial charge in [0.15, 0.2) is 0 Å². The smallest absolute Gasteiger partial charge is 0.0406 e. The lowest BCUT2D eigenvalue weighted by molar-refractivity contribution is 0.0752. The summed E-state index contributed by atoms with van der Waals surface area (Å²) in [5, 5.41) is 4.31. The fraction of sp³-hybridized carbons (Fsp3) is 0.455. The van der Waals surface area contributed by atoms with Gasteiger partial charge in [0.25, 0.3) is 0 Å². The summed E-state index contributed by atoms with van der Waals surface area (Å²) in [6.45, 7) is 7.87. The van der Waals surface area contributed by atoms with Gasteiger partial charge in [-0.3, -0.25) is 9.80 Å². The molecule has 0 amide bonds. The predicted molar refractivity (Wildman–Crippen MR) is 109 cm³/mol. The lowest BCUT2D eigenvalue weighted by atomic mass is 9.84. The van der Waals surface area contributed by atoms with Crippen LogP contribution in [0.25, 0.3) is 0 Å². The van der Waals surface area contributed by atoms with E-state index in [9.17, 15) is 0 Å². The van der Waals surface area contributed by atoms with Crippen molar-refractivity contribution in [1.29, 1.82) is 0 Å². The maximum absolute atomic E-state index is 6.14. The van der Waals surface area contributed by atoms with Gasteiger partial charge in [0.1, 0.15) is 0 Å². The van der Waals surface area contributed by atoms with E-state index in [2.05, 4.69) is 57.6 Å². The van der Waals surface area contributed by atoms with Crippen LogP contribution in [0.15, 0.2) is 54.6 Å². The van der Waals surface area contributed by atoms with Crippen LogP contribution >= 0.6 is 11.6 Å². The average molecular weight is 370 g/mol. The molecule has 0 bridgehead atoms. The van der Waals surface area contributed by atoms with Crippen molar-refractivity contribution in [2.24, 2.45) is 0 Å². The van der Waals surface area contributed by atoms with Gasteiger partial charge in [-0.2, -0.15) is 0 Å². The summed E-state index contributed by atoms with van der Waals surface area (Å²) in [5.41, 5.74) is 2.83. The van der Waals surface area contributed by atoms with E-state index >= 15 is 0 Å². The molecule has 1 N–H and O–H groups in total. The van der Waals surface area contributed by atoms with E-state index in [0.29, 0.717) is 12.0 Å². The van der Waals surface area contributed by atoms with Crippen LogP contribution in [-0.4, -0.2) is 55.1 Å². The molecule has 0 aromatic heterocycles. The van der Waals surface area contributed by atoms with Crippen LogP contribution in [0.2, 0.25) is 5.02 Å². The zero-order valence-electron chi connectivity index (χ0n) is 15.3. The Kier molecular flexibility index (Phi) is 5.91. The second-order valence-electron chi connectivity index (χ2n) is 7.52. The molecule has 3 nitrogen and oxygen atoms in total.